The summed E-state index contributed by atoms with van der Waals surface area (Å²) in [5.74, 6) is 0. The molecule has 0 spiro atoms. The molecule has 0 aliphatic carbocycles. The van der Waals surface area contributed by atoms with Crippen LogP contribution < -0.4 is 11.5 Å². The van der Waals surface area contributed by atoms with Gasteiger partial charge in [-0.05, 0) is 0 Å². The average Bonchev–Trinajstić information content (AvgIpc) is 1.69. The van der Waals surface area contributed by atoms with Gasteiger partial charge in [0.05, 0.1) is 0 Å². The van der Waals surface area contributed by atoms with Gasteiger partial charge in [-0.1, -0.05) is 0 Å². The first-order valence-corrected chi connectivity index (χ1v) is 3.00. The first-order chi connectivity index (χ1) is 3.33. The van der Waals surface area contributed by atoms with E-state index in [1.165, 1.54) is 0 Å². The van der Waals surface area contributed by atoms with Gasteiger partial charge in [0.1, 0.15) is 0 Å². The maximum atomic E-state index is 8.50. The molecule has 0 saturated carbocycles. The molecule has 0 aliphatic rings. The van der Waals surface area contributed by atoms with Crippen LogP contribution in [0.25, 0.3) is 0 Å². The molecule has 4 nitrogen and oxygen atoms in total. The molecule has 0 amide bonds. The van der Waals surface area contributed by atoms with E-state index in [1.54, 1.807) is 0 Å². The summed E-state index contributed by atoms with van der Waals surface area (Å²) in [6, 6.07) is 0. The van der Waals surface area contributed by atoms with Gasteiger partial charge in [0, 0.05) is 13.1 Å². The van der Waals surface area contributed by atoms with Crippen LogP contribution in [0, 0.1) is 0 Å². The Balaban J connectivity index is 0. The van der Waals surface area contributed by atoms with Crippen molar-refractivity contribution in [3.05, 3.63) is 0 Å². The summed E-state index contributed by atoms with van der Waals surface area (Å²) >= 11 is -2.00. The molecule has 0 aromatic rings. The Labute approximate surface area is 50.8 Å². The van der Waals surface area contributed by atoms with Gasteiger partial charge in [-0.3, -0.25) is 0 Å². The van der Waals surface area contributed by atoms with Gasteiger partial charge in [-0.2, -0.15) is 0 Å². The fourth-order valence-electron chi connectivity index (χ4n) is 0. The average molecular weight is 140 g/mol. The normalized spacial score (nSPS) is 5.43. The molecule has 7 heavy (non-hydrogen) atoms. The van der Waals surface area contributed by atoms with Gasteiger partial charge in [0.2, 0.25) is 0 Å². The molecular formula is C2H8N2O2Ti. The molecule has 5 heteroatoms. The van der Waals surface area contributed by atoms with Crippen LogP contribution in [0.15, 0.2) is 0 Å². The van der Waals surface area contributed by atoms with Crippen molar-refractivity contribution in [2.24, 2.45) is 11.5 Å². The second-order valence-electron chi connectivity index (χ2n) is 0.661. The minimum atomic E-state index is -2.00. The summed E-state index contributed by atoms with van der Waals surface area (Å²) in [5, 5.41) is 0. The summed E-state index contributed by atoms with van der Waals surface area (Å²) < 4.78 is 17.0. The van der Waals surface area contributed by atoms with E-state index in [1.807, 2.05) is 0 Å². The number of nitrogens with two attached hydrogens (primary N) is 2. The van der Waals surface area contributed by atoms with Crippen molar-refractivity contribution in [2.45, 2.75) is 0 Å². The molecule has 0 aromatic carbocycles. The third-order valence-corrected chi connectivity index (χ3v) is 0.167. The molecular weight excluding hydrogens is 132 g/mol. The standard InChI is InChI=1S/C2H8N2.2O.Ti/c3-1-2-4;;;/h1-4H2;;;. The third kappa shape index (κ3) is 73.4. The molecule has 0 rings (SSSR count). The van der Waals surface area contributed by atoms with Crippen LogP contribution >= 0.6 is 0 Å². The molecule has 0 saturated heterocycles. The molecule has 0 radical (unpaired) electrons. The van der Waals surface area contributed by atoms with E-state index in [0.717, 1.165) is 0 Å². The van der Waals surface area contributed by atoms with Crippen molar-refractivity contribution < 1.29 is 25.7 Å². The number of hydrogen-bond acceptors (Lipinski definition) is 4. The summed E-state index contributed by atoms with van der Waals surface area (Å²) in [4.78, 5) is 0. The van der Waals surface area contributed by atoms with Crippen molar-refractivity contribution in [1.29, 1.82) is 0 Å². The van der Waals surface area contributed by atoms with Crippen LogP contribution in [-0.4, -0.2) is 13.1 Å². The topological polar surface area (TPSA) is 86.2 Å². The zero-order valence-electron chi connectivity index (χ0n) is 3.89. The molecule has 4 N–H and O–H groups in total. The predicted molar refractivity (Wildman–Crippen MR) is 19.5 cm³/mol. The monoisotopic (exact) mass is 140 g/mol. The van der Waals surface area contributed by atoms with Gasteiger partial charge in [-0.15, -0.1) is 0 Å². The first kappa shape index (κ1) is 10.3. The summed E-state index contributed by atoms with van der Waals surface area (Å²) in [7, 11) is 0. The van der Waals surface area contributed by atoms with E-state index in [0.29, 0.717) is 13.1 Å². The predicted octanol–water partition coefficient (Wildman–Crippen LogP) is -1.34. The summed E-state index contributed by atoms with van der Waals surface area (Å²) in [6.07, 6.45) is 0. The quantitative estimate of drug-likeness (QED) is 0.441. The second-order valence-corrected chi connectivity index (χ2v) is 0.921. The van der Waals surface area contributed by atoms with Gasteiger partial charge < -0.3 is 11.5 Å². The van der Waals surface area contributed by atoms with Crippen molar-refractivity contribution in [2.75, 3.05) is 13.1 Å². The molecule has 0 aromatic heterocycles. The van der Waals surface area contributed by atoms with E-state index >= 15 is 0 Å². The Bertz CT molecular complexity index is 49.7. The van der Waals surface area contributed by atoms with Crippen LogP contribution in [0.5, 0.6) is 0 Å². The van der Waals surface area contributed by atoms with Crippen LogP contribution in [0.4, 0.5) is 0 Å². The van der Waals surface area contributed by atoms with Crippen molar-refractivity contribution in [1.82, 2.24) is 0 Å². The minimum absolute atomic E-state index is 0.597. The molecule has 0 aliphatic heterocycles. The van der Waals surface area contributed by atoms with Crippen LogP contribution in [0.1, 0.15) is 0 Å². The Hall–Kier alpha value is 0.234. The van der Waals surface area contributed by atoms with Crippen LogP contribution in [0.2, 0.25) is 0 Å². The van der Waals surface area contributed by atoms with Gasteiger partial charge in [0.25, 0.3) is 0 Å². The van der Waals surface area contributed by atoms with Gasteiger partial charge in [0.15, 0.2) is 0 Å². The molecule has 0 unspecified atom stereocenters. The van der Waals surface area contributed by atoms with E-state index in [-0.39, 0.29) is 0 Å². The molecule has 42 valence electrons. The second kappa shape index (κ2) is 16.3. The van der Waals surface area contributed by atoms with Crippen molar-refractivity contribution in [3.63, 3.8) is 0 Å². The van der Waals surface area contributed by atoms with Gasteiger partial charge >= 0.3 is 25.7 Å². The third-order valence-electron chi connectivity index (χ3n) is 0.167. The first-order valence-electron chi connectivity index (χ1n) is 1.72. The Morgan fingerprint density at radius 2 is 1.29 bits per heavy atom. The molecule has 0 fully saturated rings. The van der Waals surface area contributed by atoms with Crippen molar-refractivity contribution >= 4 is 0 Å². The zero-order chi connectivity index (χ0) is 6.12. The number of rotatable bonds is 1. The zero-order valence-corrected chi connectivity index (χ0v) is 5.45. The fraction of sp³-hybridized carbons (Fsp3) is 1.00. The van der Waals surface area contributed by atoms with E-state index in [9.17, 15) is 0 Å². The maximum absolute atomic E-state index is 8.50. The fourth-order valence-corrected chi connectivity index (χ4v) is 0. The summed E-state index contributed by atoms with van der Waals surface area (Å²) in [5.41, 5.74) is 9.81. The number of hydrogen-bond donors (Lipinski definition) is 2. The van der Waals surface area contributed by atoms with Crippen molar-refractivity contribution in [3.8, 4) is 0 Å². The van der Waals surface area contributed by atoms with E-state index < -0.39 is 19.1 Å². The van der Waals surface area contributed by atoms with Crippen LogP contribution in [-0.2, 0) is 25.7 Å². The Morgan fingerprint density at radius 1 is 1.14 bits per heavy atom. The molecule has 0 heterocycles. The summed E-state index contributed by atoms with van der Waals surface area (Å²) in [6.45, 7) is 1.19. The van der Waals surface area contributed by atoms with Crippen LogP contribution in [0.3, 0.4) is 0 Å². The van der Waals surface area contributed by atoms with Gasteiger partial charge in [-0.25, -0.2) is 0 Å². The SMILES string of the molecule is NCCN.[O]=[Ti]=[O]. The van der Waals surface area contributed by atoms with E-state index in [4.69, 9.17) is 18.1 Å². The Morgan fingerprint density at radius 3 is 1.29 bits per heavy atom. The van der Waals surface area contributed by atoms with E-state index in [2.05, 4.69) is 0 Å². The molecule has 0 atom stereocenters. The Kier molecular flexibility index (Phi) is 23.9. The molecule has 0 bridgehead atoms.